The lowest BCUT2D eigenvalue weighted by Crippen LogP contribution is -2.47. The van der Waals surface area contributed by atoms with Crippen molar-refractivity contribution in [2.24, 2.45) is 17.6 Å². The first-order chi connectivity index (χ1) is 15.2. The van der Waals surface area contributed by atoms with E-state index >= 15 is 0 Å². The van der Waals surface area contributed by atoms with E-state index in [4.69, 9.17) is 10.5 Å². The predicted molar refractivity (Wildman–Crippen MR) is 126 cm³/mol. The molecule has 3 N–H and O–H groups in total. The Hall–Kier alpha value is -1.88. The minimum Gasteiger partial charge on any atom is -0.494 e. The van der Waals surface area contributed by atoms with Crippen LogP contribution in [0.15, 0.2) is 54.6 Å². The lowest BCUT2D eigenvalue weighted by Gasteiger charge is -2.45. The molecule has 1 saturated heterocycles. The Bertz CT molecular complexity index is 781. The second-order valence-electron chi connectivity index (χ2n) is 9.34. The number of hydrogen-bond donors (Lipinski definition) is 2. The van der Waals surface area contributed by atoms with Crippen LogP contribution in [0.4, 0.5) is 0 Å². The average Bonchev–Trinajstić information content (AvgIpc) is 3.38. The minimum absolute atomic E-state index is 0.353. The maximum atomic E-state index is 12.0. The first-order valence-corrected chi connectivity index (χ1v) is 12.1. The Labute approximate surface area is 187 Å². The van der Waals surface area contributed by atoms with E-state index < -0.39 is 5.60 Å². The summed E-state index contributed by atoms with van der Waals surface area (Å²) < 4.78 is 5.89. The lowest BCUT2D eigenvalue weighted by molar-refractivity contribution is -0.0934. The number of ether oxygens (including phenoxy) is 1. The molecule has 0 aromatic heterocycles. The smallest absolute Gasteiger partial charge is 0.119 e. The van der Waals surface area contributed by atoms with E-state index in [1.807, 2.05) is 24.3 Å². The van der Waals surface area contributed by atoms with Crippen molar-refractivity contribution in [1.29, 1.82) is 0 Å². The standard InChI is InChI=1S/C27H38N2O2/c28-21-22-11-13-26(14-12-22)31-20-6-17-29-18-15-25(16-19-29)27(30,24-9-4-5-10-24)23-7-2-1-3-8-23/h1-3,7-8,11-14,24-25,30H,4-6,9-10,15-21,28H2/t27-/m1/s1. The van der Waals surface area contributed by atoms with Gasteiger partial charge in [0.05, 0.1) is 12.2 Å². The quantitative estimate of drug-likeness (QED) is 0.575. The number of benzene rings is 2. The van der Waals surface area contributed by atoms with Crippen LogP contribution in [0.2, 0.25) is 0 Å². The lowest BCUT2D eigenvalue weighted by atomic mass is 9.68. The predicted octanol–water partition coefficient (Wildman–Crippen LogP) is 4.70. The van der Waals surface area contributed by atoms with Crippen LogP contribution in [-0.2, 0) is 12.1 Å². The Morgan fingerprint density at radius 1 is 0.903 bits per heavy atom. The molecule has 1 aliphatic carbocycles. The second-order valence-corrected chi connectivity index (χ2v) is 9.34. The van der Waals surface area contributed by atoms with Gasteiger partial charge in [0.1, 0.15) is 5.75 Å². The van der Waals surface area contributed by atoms with Crippen molar-refractivity contribution in [3.8, 4) is 5.75 Å². The summed E-state index contributed by atoms with van der Waals surface area (Å²) in [7, 11) is 0. The maximum Gasteiger partial charge on any atom is 0.119 e. The average molecular weight is 423 g/mol. The fraction of sp³-hybridized carbons (Fsp3) is 0.556. The highest BCUT2D eigenvalue weighted by molar-refractivity contribution is 5.27. The molecule has 1 aliphatic heterocycles. The summed E-state index contributed by atoms with van der Waals surface area (Å²) in [5.74, 6) is 1.68. The van der Waals surface area contributed by atoms with Crippen molar-refractivity contribution in [3.63, 3.8) is 0 Å². The Kier molecular flexibility index (Phi) is 7.65. The van der Waals surface area contributed by atoms with Crippen LogP contribution in [0.1, 0.15) is 56.1 Å². The molecule has 1 saturated carbocycles. The van der Waals surface area contributed by atoms with Gasteiger partial charge in [-0.3, -0.25) is 0 Å². The van der Waals surface area contributed by atoms with Crippen LogP contribution >= 0.6 is 0 Å². The van der Waals surface area contributed by atoms with Crippen LogP contribution in [0.3, 0.4) is 0 Å². The molecule has 2 aromatic rings. The molecule has 1 heterocycles. The van der Waals surface area contributed by atoms with Crippen molar-refractivity contribution >= 4 is 0 Å². The number of likely N-dealkylation sites (tertiary alicyclic amines) is 1. The fourth-order valence-corrected chi connectivity index (χ4v) is 5.67. The van der Waals surface area contributed by atoms with Crippen molar-refractivity contribution in [2.75, 3.05) is 26.2 Å². The molecule has 1 atom stereocenters. The van der Waals surface area contributed by atoms with E-state index in [1.165, 1.54) is 12.8 Å². The van der Waals surface area contributed by atoms with Crippen molar-refractivity contribution in [1.82, 2.24) is 4.90 Å². The van der Waals surface area contributed by atoms with Gasteiger partial charge in [-0.05, 0) is 80.3 Å². The molecule has 2 fully saturated rings. The zero-order valence-electron chi connectivity index (χ0n) is 18.7. The van der Waals surface area contributed by atoms with Gasteiger partial charge in [-0.2, -0.15) is 0 Å². The van der Waals surface area contributed by atoms with E-state index in [2.05, 4.69) is 35.2 Å². The van der Waals surface area contributed by atoms with Crippen molar-refractivity contribution in [2.45, 2.75) is 57.1 Å². The Balaban J connectivity index is 1.27. The summed E-state index contributed by atoms with van der Waals surface area (Å²) in [5.41, 5.74) is 7.24. The second kappa shape index (κ2) is 10.6. The summed E-state index contributed by atoms with van der Waals surface area (Å²) >= 11 is 0. The number of hydrogen-bond acceptors (Lipinski definition) is 4. The summed E-state index contributed by atoms with van der Waals surface area (Å²) in [6.45, 7) is 4.49. The molecular formula is C27H38N2O2. The van der Waals surface area contributed by atoms with E-state index in [1.54, 1.807) is 0 Å². The van der Waals surface area contributed by atoms with Crippen LogP contribution in [0, 0.1) is 11.8 Å². The largest absolute Gasteiger partial charge is 0.494 e. The molecule has 0 bridgehead atoms. The van der Waals surface area contributed by atoms with Crippen LogP contribution < -0.4 is 10.5 Å². The van der Waals surface area contributed by atoms with Gasteiger partial charge in [-0.15, -0.1) is 0 Å². The molecule has 2 aromatic carbocycles. The number of piperidine rings is 1. The van der Waals surface area contributed by atoms with Crippen LogP contribution in [-0.4, -0.2) is 36.2 Å². The molecule has 4 rings (SSSR count). The minimum atomic E-state index is -0.664. The molecule has 0 amide bonds. The van der Waals surface area contributed by atoms with Crippen molar-refractivity contribution in [3.05, 3.63) is 65.7 Å². The fourth-order valence-electron chi connectivity index (χ4n) is 5.67. The summed E-state index contributed by atoms with van der Waals surface area (Å²) in [6, 6.07) is 18.5. The van der Waals surface area contributed by atoms with E-state index in [0.29, 0.717) is 18.4 Å². The molecule has 0 radical (unpaired) electrons. The van der Waals surface area contributed by atoms with Crippen LogP contribution in [0.5, 0.6) is 5.75 Å². The molecule has 0 unspecified atom stereocenters. The maximum absolute atomic E-state index is 12.0. The van der Waals surface area contributed by atoms with Gasteiger partial charge >= 0.3 is 0 Å². The van der Waals surface area contributed by atoms with Gasteiger partial charge in [-0.1, -0.05) is 55.3 Å². The highest BCUT2D eigenvalue weighted by atomic mass is 16.5. The molecular weight excluding hydrogens is 384 g/mol. The highest BCUT2D eigenvalue weighted by Gasteiger charge is 2.46. The van der Waals surface area contributed by atoms with Gasteiger partial charge in [-0.25, -0.2) is 0 Å². The van der Waals surface area contributed by atoms with E-state index in [0.717, 1.165) is 75.2 Å². The van der Waals surface area contributed by atoms with Gasteiger partial charge in [0.25, 0.3) is 0 Å². The van der Waals surface area contributed by atoms with E-state index in [-0.39, 0.29) is 0 Å². The first kappa shape index (κ1) is 22.3. The van der Waals surface area contributed by atoms with Crippen LogP contribution in [0.25, 0.3) is 0 Å². The molecule has 0 spiro atoms. The number of nitrogens with zero attached hydrogens (tertiary/aromatic N) is 1. The summed E-state index contributed by atoms with van der Waals surface area (Å²) in [4.78, 5) is 2.54. The van der Waals surface area contributed by atoms with Gasteiger partial charge < -0.3 is 20.5 Å². The Morgan fingerprint density at radius 3 is 2.19 bits per heavy atom. The third kappa shape index (κ3) is 5.31. The highest BCUT2D eigenvalue weighted by Crippen LogP contribution is 2.48. The topological polar surface area (TPSA) is 58.7 Å². The zero-order valence-corrected chi connectivity index (χ0v) is 18.7. The molecule has 2 aliphatic rings. The first-order valence-electron chi connectivity index (χ1n) is 12.1. The zero-order chi connectivity index (χ0) is 21.5. The number of nitrogens with two attached hydrogens (primary N) is 1. The van der Waals surface area contributed by atoms with Gasteiger partial charge in [0.15, 0.2) is 0 Å². The molecule has 31 heavy (non-hydrogen) atoms. The number of aliphatic hydroxyl groups is 1. The summed E-state index contributed by atoms with van der Waals surface area (Å²) in [5, 5.41) is 12.0. The SMILES string of the molecule is NCc1ccc(OCCCN2CCC([C@@](O)(c3ccccc3)C3CCCC3)CC2)cc1. The summed E-state index contributed by atoms with van der Waals surface area (Å²) in [6.07, 6.45) is 8.01. The third-order valence-corrected chi connectivity index (χ3v) is 7.47. The normalized spacial score (nSPS) is 20.6. The molecule has 168 valence electrons. The van der Waals surface area contributed by atoms with Gasteiger partial charge in [0, 0.05) is 13.1 Å². The molecule has 4 nitrogen and oxygen atoms in total. The Morgan fingerprint density at radius 2 is 1.55 bits per heavy atom. The monoisotopic (exact) mass is 422 g/mol. The van der Waals surface area contributed by atoms with Gasteiger partial charge in [0.2, 0.25) is 0 Å². The van der Waals surface area contributed by atoms with Crippen molar-refractivity contribution < 1.29 is 9.84 Å². The third-order valence-electron chi connectivity index (χ3n) is 7.47. The molecule has 4 heteroatoms. The van der Waals surface area contributed by atoms with E-state index in [9.17, 15) is 5.11 Å². The number of rotatable bonds is 9.